The fourth-order valence-electron chi connectivity index (χ4n) is 2.98. The van der Waals surface area contributed by atoms with E-state index in [1.807, 2.05) is 7.05 Å². The molecule has 0 radical (unpaired) electrons. The second kappa shape index (κ2) is 9.35. The number of hydrogen-bond donors (Lipinski definition) is 1. The lowest BCUT2D eigenvalue weighted by Gasteiger charge is -2.23. The van der Waals surface area contributed by atoms with Crippen LogP contribution in [0.4, 0.5) is 0 Å². The van der Waals surface area contributed by atoms with Gasteiger partial charge in [-0.05, 0) is 61.9 Å². The molecule has 2 aromatic rings. The van der Waals surface area contributed by atoms with Crippen molar-refractivity contribution >= 4 is 11.3 Å². The molecule has 0 bridgehead atoms. The van der Waals surface area contributed by atoms with Crippen LogP contribution in [0.3, 0.4) is 0 Å². The fraction of sp³-hybridized carbons (Fsp3) is 0.571. The monoisotopic (exact) mass is 360 g/mol. The second-order valence-corrected chi connectivity index (χ2v) is 7.63. The van der Waals surface area contributed by atoms with Gasteiger partial charge in [-0.1, -0.05) is 27.7 Å². The van der Waals surface area contributed by atoms with Crippen LogP contribution in [0.15, 0.2) is 17.5 Å². The van der Waals surface area contributed by atoms with Gasteiger partial charge in [0.05, 0.1) is 12.3 Å². The van der Waals surface area contributed by atoms with E-state index in [4.69, 9.17) is 9.72 Å². The highest BCUT2D eigenvalue weighted by Gasteiger charge is 2.20. The molecule has 138 valence electrons. The van der Waals surface area contributed by atoms with Crippen molar-refractivity contribution in [2.45, 2.75) is 65.8 Å². The van der Waals surface area contributed by atoms with E-state index in [1.165, 1.54) is 16.7 Å². The average molecular weight is 361 g/mol. The van der Waals surface area contributed by atoms with Crippen LogP contribution in [-0.2, 0) is 6.54 Å². The zero-order valence-corrected chi connectivity index (χ0v) is 17.3. The molecule has 2 unspecified atom stereocenters. The van der Waals surface area contributed by atoms with Gasteiger partial charge in [0.1, 0.15) is 10.8 Å². The third-order valence-corrected chi connectivity index (χ3v) is 5.75. The maximum atomic E-state index is 6.12. The Kier molecular flexibility index (Phi) is 7.45. The summed E-state index contributed by atoms with van der Waals surface area (Å²) in [5, 5.41) is 6.48. The number of rotatable bonds is 9. The van der Waals surface area contributed by atoms with Crippen LogP contribution in [0, 0.1) is 0 Å². The Morgan fingerprint density at radius 3 is 2.16 bits per heavy atom. The molecule has 0 aliphatic rings. The third-order valence-electron chi connectivity index (χ3n) is 4.90. The largest absolute Gasteiger partial charge is 0.493 e. The Balaban J connectivity index is 2.59. The van der Waals surface area contributed by atoms with Crippen LogP contribution < -0.4 is 10.1 Å². The molecule has 2 rings (SSSR count). The van der Waals surface area contributed by atoms with Crippen LogP contribution >= 0.6 is 11.3 Å². The average Bonchev–Trinajstić information content (AvgIpc) is 3.09. The number of nitrogens with zero attached hydrogens (tertiary/aromatic N) is 1. The molecule has 0 saturated carbocycles. The van der Waals surface area contributed by atoms with Gasteiger partial charge in [0.15, 0.2) is 0 Å². The maximum absolute atomic E-state index is 6.12. The predicted octanol–water partition coefficient (Wildman–Crippen LogP) is 5.96. The van der Waals surface area contributed by atoms with Crippen LogP contribution in [0.25, 0.3) is 11.3 Å². The predicted molar refractivity (Wildman–Crippen MR) is 109 cm³/mol. The SMILES string of the molecule is CCOc1c(C(C)CC)cc(-c2csc(CNC)n2)cc1C(C)CC. The molecule has 0 aliphatic carbocycles. The Hall–Kier alpha value is -1.39. The second-order valence-electron chi connectivity index (χ2n) is 6.69. The first-order chi connectivity index (χ1) is 12.0. The first-order valence-corrected chi connectivity index (χ1v) is 10.3. The molecule has 2 atom stereocenters. The van der Waals surface area contributed by atoms with E-state index in [9.17, 15) is 0 Å². The van der Waals surface area contributed by atoms with Gasteiger partial charge in [-0.25, -0.2) is 4.98 Å². The topological polar surface area (TPSA) is 34.1 Å². The van der Waals surface area contributed by atoms with Gasteiger partial charge in [-0.3, -0.25) is 0 Å². The molecule has 0 fully saturated rings. The fourth-order valence-corrected chi connectivity index (χ4v) is 3.80. The summed E-state index contributed by atoms with van der Waals surface area (Å²) in [4.78, 5) is 4.81. The summed E-state index contributed by atoms with van der Waals surface area (Å²) in [6, 6.07) is 4.59. The molecule has 1 aromatic heterocycles. The van der Waals surface area contributed by atoms with Gasteiger partial charge in [0.2, 0.25) is 0 Å². The summed E-state index contributed by atoms with van der Waals surface area (Å²) < 4.78 is 6.12. The number of ether oxygens (including phenoxy) is 1. The minimum atomic E-state index is 0.472. The lowest BCUT2D eigenvalue weighted by atomic mass is 9.87. The van der Waals surface area contributed by atoms with Crippen molar-refractivity contribution in [2.24, 2.45) is 0 Å². The minimum absolute atomic E-state index is 0.472. The van der Waals surface area contributed by atoms with Crippen LogP contribution in [0.1, 0.15) is 75.4 Å². The number of benzene rings is 1. The molecule has 0 spiro atoms. The Morgan fingerprint density at radius 1 is 1.08 bits per heavy atom. The first kappa shape index (κ1) is 19.9. The zero-order valence-electron chi connectivity index (χ0n) is 16.5. The van der Waals surface area contributed by atoms with Crippen molar-refractivity contribution in [1.82, 2.24) is 10.3 Å². The van der Waals surface area contributed by atoms with Gasteiger partial charge < -0.3 is 10.1 Å². The summed E-state index contributed by atoms with van der Waals surface area (Å²) >= 11 is 1.72. The van der Waals surface area contributed by atoms with Gasteiger partial charge >= 0.3 is 0 Å². The molecule has 1 aromatic carbocycles. The van der Waals surface area contributed by atoms with Gasteiger partial charge in [0.25, 0.3) is 0 Å². The smallest absolute Gasteiger partial charge is 0.126 e. The van der Waals surface area contributed by atoms with E-state index in [1.54, 1.807) is 11.3 Å². The van der Waals surface area contributed by atoms with Crippen LogP contribution in [-0.4, -0.2) is 18.6 Å². The lowest BCUT2D eigenvalue weighted by Crippen LogP contribution is -2.07. The molecule has 25 heavy (non-hydrogen) atoms. The molecule has 4 heteroatoms. The highest BCUT2D eigenvalue weighted by Crippen LogP contribution is 2.40. The quantitative estimate of drug-likeness (QED) is 0.599. The van der Waals surface area contributed by atoms with Gasteiger partial charge in [-0.2, -0.15) is 0 Å². The van der Waals surface area contributed by atoms with Gasteiger partial charge in [0, 0.05) is 17.5 Å². The van der Waals surface area contributed by atoms with Crippen molar-refractivity contribution in [2.75, 3.05) is 13.7 Å². The third kappa shape index (κ3) is 4.62. The Labute approximate surface area is 156 Å². The molecular formula is C21H32N2OS. The first-order valence-electron chi connectivity index (χ1n) is 9.45. The van der Waals surface area contributed by atoms with Crippen molar-refractivity contribution in [3.8, 4) is 17.0 Å². The highest BCUT2D eigenvalue weighted by atomic mass is 32.1. The number of hydrogen-bond acceptors (Lipinski definition) is 4. The molecule has 0 saturated heterocycles. The van der Waals surface area contributed by atoms with Crippen molar-refractivity contribution in [1.29, 1.82) is 0 Å². The van der Waals surface area contributed by atoms with E-state index in [2.05, 4.69) is 57.4 Å². The zero-order chi connectivity index (χ0) is 18.4. The summed E-state index contributed by atoms with van der Waals surface area (Å²) in [5.74, 6) is 2.04. The van der Waals surface area contributed by atoms with Crippen molar-refractivity contribution in [3.05, 3.63) is 33.6 Å². The molecule has 0 amide bonds. The number of aromatic nitrogens is 1. The summed E-state index contributed by atoms with van der Waals surface area (Å²) in [6.45, 7) is 12.6. The summed E-state index contributed by atoms with van der Waals surface area (Å²) in [5.41, 5.74) is 4.93. The van der Waals surface area contributed by atoms with Crippen molar-refractivity contribution in [3.63, 3.8) is 0 Å². The number of nitrogens with one attached hydrogen (secondary N) is 1. The standard InChI is InChI=1S/C21H32N2OS/c1-7-14(4)17-10-16(19-13-25-20(23-19)12-22-6)11-18(15(5)8-2)21(17)24-9-3/h10-11,13-15,22H,7-9,12H2,1-6H3. The molecule has 1 heterocycles. The van der Waals surface area contributed by atoms with E-state index >= 15 is 0 Å². The Morgan fingerprint density at radius 2 is 1.68 bits per heavy atom. The number of thiazole rings is 1. The van der Waals surface area contributed by atoms with Crippen LogP contribution in [0.2, 0.25) is 0 Å². The molecule has 3 nitrogen and oxygen atoms in total. The Bertz CT molecular complexity index is 649. The summed E-state index contributed by atoms with van der Waals surface area (Å²) in [7, 11) is 1.96. The summed E-state index contributed by atoms with van der Waals surface area (Å²) in [6.07, 6.45) is 2.21. The van der Waals surface area contributed by atoms with Gasteiger partial charge in [-0.15, -0.1) is 11.3 Å². The molecular weight excluding hydrogens is 328 g/mol. The normalized spacial score (nSPS) is 13.7. The molecule has 1 N–H and O–H groups in total. The highest BCUT2D eigenvalue weighted by molar-refractivity contribution is 7.09. The van der Waals surface area contributed by atoms with E-state index in [0.29, 0.717) is 18.4 Å². The maximum Gasteiger partial charge on any atom is 0.126 e. The minimum Gasteiger partial charge on any atom is -0.493 e. The van der Waals surface area contributed by atoms with Crippen LogP contribution in [0.5, 0.6) is 5.75 Å². The van der Waals surface area contributed by atoms with E-state index < -0.39 is 0 Å². The lowest BCUT2D eigenvalue weighted by molar-refractivity contribution is 0.328. The van der Waals surface area contributed by atoms with E-state index in [0.717, 1.165) is 35.8 Å². The molecule has 0 aliphatic heterocycles. The van der Waals surface area contributed by atoms with Crippen molar-refractivity contribution < 1.29 is 4.74 Å². The van der Waals surface area contributed by atoms with E-state index in [-0.39, 0.29) is 0 Å².